The van der Waals surface area contributed by atoms with Gasteiger partial charge in [-0.1, -0.05) is 0 Å². The molecule has 0 amide bonds. The highest BCUT2D eigenvalue weighted by Crippen LogP contribution is 2.16. The normalized spacial score (nSPS) is 12.6. The summed E-state index contributed by atoms with van der Waals surface area (Å²) in [4.78, 5) is 4.17. The van der Waals surface area contributed by atoms with Crippen molar-refractivity contribution in [2.24, 2.45) is 0 Å². The van der Waals surface area contributed by atoms with Crippen LogP contribution >= 0.6 is 11.3 Å². The Kier molecular flexibility index (Phi) is 4.38. The molecule has 0 aliphatic rings. The molecule has 0 radical (unpaired) electrons. The average molecular weight is 268 g/mol. The summed E-state index contributed by atoms with van der Waals surface area (Å²) in [6.45, 7) is 2.61. The molecule has 1 unspecified atom stereocenters. The molecule has 1 aromatic carbocycles. The van der Waals surface area contributed by atoms with Crippen LogP contribution in [0.4, 0.5) is 8.78 Å². The van der Waals surface area contributed by atoms with Crippen LogP contribution in [0.25, 0.3) is 0 Å². The zero-order valence-corrected chi connectivity index (χ0v) is 10.8. The van der Waals surface area contributed by atoms with Crippen molar-refractivity contribution in [3.63, 3.8) is 0 Å². The van der Waals surface area contributed by atoms with Crippen LogP contribution in [-0.4, -0.2) is 11.5 Å². The van der Waals surface area contributed by atoms with E-state index in [0.717, 1.165) is 24.0 Å². The summed E-state index contributed by atoms with van der Waals surface area (Å²) in [6, 6.07) is 3.50. The molecular formula is C13H14F2N2S. The Hall–Kier alpha value is -1.33. The van der Waals surface area contributed by atoms with Gasteiger partial charge in [0.25, 0.3) is 0 Å². The second kappa shape index (κ2) is 6.02. The Bertz CT molecular complexity index is 479. The van der Waals surface area contributed by atoms with Crippen LogP contribution in [0.15, 0.2) is 29.8 Å². The van der Waals surface area contributed by atoms with Gasteiger partial charge in [0.15, 0.2) is 0 Å². The summed E-state index contributed by atoms with van der Waals surface area (Å²) in [5.41, 5.74) is 0.617. The molecule has 0 saturated carbocycles. The molecule has 0 aliphatic carbocycles. The third kappa shape index (κ3) is 3.58. The van der Waals surface area contributed by atoms with Crippen LogP contribution in [0.1, 0.15) is 23.5 Å². The van der Waals surface area contributed by atoms with Gasteiger partial charge in [-0.3, -0.25) is 0 Å². The maximum Gasteiger partial charge on any atom is 0.126 e. The number of hydrogen-bond acceptors (Lipinski definition) is 3. The van der Waals surface area contributed by atoms with Gasteiger partial charge >= 0.3 is 0 Å². The zero-order valence-electron chi connectivity index (χ0n) is 9.99. The van der Waals surface area contributed by atoms with Crippen molar-refractivity contribution in [2.75, 3.05) is 6.54 Å². The fourth-order valence-corrected chi connectivity index (χ4v) is 2.34. The van der Waals surface area contributed by atoms with Gasteiger partial charge in [-0.2, -0.15) is 0 Å². The summed E-state index contributed by atoms with van der Waals surface area (Å²) in [5, 5.41) is 6.21. The number of rotatable bonds is 5. The van der Waals surface area contributed by atoms with Gasteiger partial charge in [-0.15, -0.1) is 11.3 Å². The highest BCUT2D eigenvalue weighted by atomic mass is 32.1. The maximum absolute atomic E-state index is 13.1. The van der Waals surface area contributed by atoms with E-state index >= 15 is 0 Å². The molecule has 96 valence electrons. The Morgan fingerprint density at radius 1 is 1.28 bits per heavy atom. The van der Waals surface area contributed by atoms with Crippen molar-refractivity contribution in [3.8, 4) is 0 Å². The molecule has 0 fully saturated rings. The second-order valence-corrected chi connectivity index (χ2v) is 5.03. The molecule has 0 bridgehead atoms. The summed E-state index contributed by atoms with van der Waals surface area (Å²) in [6.07, 6.45) is 2.59. The number of halogens is 2. The summed E-state index contributed by atoms with van der Waals surface area (Å²) in [7, 11) is 0. The van der Waals surface area contributed by atoms with Gasteiger partial charge in [-0.25, -0.2) is 13.8 Å². The molecule has 2 rings (SSSR count). The standard InChI is InChI=1S/C13H14F2N2S/c1-9(10-6-11(14)8-12(15)7-10)16-3-2-13-17-4-5-18-13/h4-9,16H,2-3H2,1H3. The highest BCUT2D eigenvalue weighted by molar-refractivity contribution is 7.09. The molecule has 1 N–H and O–H groups in total. The largest absolute Gasteiger partial charge is 0.310 e. The smallest absolute Gasteiger partial charge is 0.126 e. The van der Waals surface area contributed by atoms with Crippen LogP contribution in [0, 0.1) is 11.6 Å². The van der Waals surface area contributed by atoms with E-state index in [-0.39, 0.29) is 6.04 Å². The topological polar surface area (TPSA) is 24.9 Å². The van der Waals surface area contributed by atoms with E-state index in [2.05, 4.69) is 10.3 Å². The second-order valence-electron chi connectivity index (χ2n) is 4.05. The minimum absolute atomic E-state index is 0.0878. The fraction of sp³-hybridized carbons (Fsp3) is 0.308. The number of nitrogens with zero attached hydrogens (tertiary/aromatic N) is 1. The predicted molar refractivity (Wildman–Crippen MR) is 68.6 cm³/mol. The van der Waals surface area contributed by atoms with E-state index in [9.17, 15) is 8.78 Å². The Balaban J connectivity index is 1.89. The first kappa shape index (κ1) is 13.1. The lowest BCUT2D eigenvalue weighted by Gasteiger charge is -2.14. The van der Waals surface area contributed by atoms with Crippen LogP contribution in [0.5, 0.6) is 0 Å². The van der Waals surface area contributed by atoms with Crippen LogP contribution in [0.3, 0.4) is 0 Å². The Labute approximate surface area is 109 Å². The minimum atomic E-state index is -0.543. The van der Waals surface area contributed by atoms with Crippen molar-refractivity contribution in [1.82, 2.24) is 10.3 Å². The highest BCUT2D eigenvalue weighted by Gasteiger charge is 2.08. The molecule has 5 heteroatoms. The van der Waals surface area contributed by atoms with Gasteiger partial charge < -0.3 is 5.32 Å². The van der Waals surface area contributed by atoms with E-state index < -0.39 is 11.6 Å². The molecule has 0 spiro atoms. The SMILES string of the molecule is CC(NCCc1nccs1)c1cc(F)cc(F)c1. The summed E-state index contributed by atoms with van der Waals surface area (Å²) in [5.74, 6) is -1.09. The van der Waals surface area contributed by atoms with Crippen LogP contribution in [0.2, 0.25) is 0 Å². The first-order valence-corrected chi connectivity index (χ1v) is 6.61. The van der Waals surface area contributed by atoms with Crippen LogP contribution in [-0.2, 0) is 6.42 Å². The van der Waals surface area contributed by atoms with Crippen molar-refractivity contribution in [3.05, 3.63) is 52.0 Å². The lowest BCUT2D eigenvalue weighted by atomic mass is 10.1. The first-order chi connectivity index (χ1) is 8.65. The van der Waals surface area contributed by atoms with E-state index in [1.165, 1.54) is 12.1 Å². The Morgan fingerprint density at radius 2 is 2.00 bits per heavy atom. The van der Waals surface area contributed by atoms with E-state index in [0.29, 0.717) is 5.56 Å². The molecule has 2 nitrogen and oxygen atoms in total. The van der Waals surface area contributed by atoms with Gasteiger partial charge in [-0.05, 0) is 24.6 Å². The van der Waals surface area contributed by atoms with Gasteiger partial charge in [0, 0.05) is 36.7 Å². The van der Waals surface area contributed by atoms with E-state index in [4.69, 9.17) is 0 Å². The molecule has 0 aliphatic heterocycles. The van der Waals surface area contributed by atoms with Gasteiger partial charge in [0.1, 0.15) is 11.6 Å². The molecule has 0 saturated heterocycles. The lowest BCUT2D eigenvalue weighted by Crippen LogP contribution is -2.21. The molecule has 1 atom stereocenters. The van der Waals surface area contributed by atoms with E-state index in [1.54, 1.807) is 17.5 Å². The van der Waals surface area contributed by atoms with Crippen molar-refractivity contribution < 1.29 is 8.78 Å². The number of nitrogens with one attached hydrogen (secondary N) is 1. The minimum Gasteiger partial charge on any atom is -0.310 e. The van der Waals surface area contributed by atoms with Crippen LogP contribution < -0.4 is 5.32 Å². The lowest BCUT2D eigenvalue weighted by molar-refractivity contribution is 0.547. The number of thiazole rings is 1. The molecule has 2 aromatic rings. The molecule has 1 heterocycles. The number of benzene rings is 1. The summed E-state index contributed by atoms with van der Waals surface area (Å²) < 4.78 is 26.1. The number of hydrogen-bond donors (Lipinski definition) is 1. The Morgan fingerprint density at radius 3 is 2.61 bits per heavy atom. The maximum atomic E-state index is 13.1. The average Bonchev–Trinajstić information content (AvgIpc) is 2.80. The fourth-order valence-electron chi connectivity index (χ4n) is 1.72. The van der Waals surface area contributed by atoms with Gasteiger partial charge in [0.05, 0.1) is 5.01 Å². The molecule has 18 heavy (non-hydrogen) atoms. The third-order valence-corrected chi connectivity index (χ3v) is 3.50. The number of aromatic nitrogens is 1. The molecule has 1 aromatic heterocycles. The quantitative estimate of drug-likeness (QED) is 0.900. The third-order valence-electron chi connectivity index (χ3n) is 2.66. The zero-order chi connectivity index (χ0) is 13.0. The monoisotopic (exact) mass is 268 g/mol. The molecular weight excluding hydrogens is 254 g/mol. The predicted octanol–water partition coefficient (Wildman–Crippen LogP) is 3.31. The van der Waals surface area contributed by atoms with E-state index in [1.807, 2.05) is 12.3 Å². The van der Waals surface area contributed by atoms with Crippen molar-refractivity contribution >= 4 is 11.3 Å². The van der Waals surface area contributed by atoms with Crippen molar-refractivity contribution in [2.45, 2.75) is 19.4 Å². The first-order valence-electron chi connectivity index (χ1n) is 5.73. The van der Waals surface area contributed by atoms with Gasteiger partial charge in [0.2, 0.25) is 0 Å². The summed E-state index contributed by atoms with van der Waals surface area (Å²) >= 11 is 1.60. The van der Waals surface area contributed by atoms with Crippen molar-refractivity contribution in [1.29, 1.82) is 0 Å².